The van der Waals surface area contributed by atoms with Crippen molar-refractivity contribution in [2.24, 2.45) is 0 Å². The number of aryl methyl sites for hydroxylation is 2. The van der Waals surface area contributed by atoms with Crippen LogP contribution in [0, 0.1) is 19.7 Å². The van der Waals surface area contributed by atoms with Crippen LogP contribution in [0.25, 0.3) is 0 Å². The number of thiazole rings is 1. The number of fused-ring (bicyclic) bond motifs is 1. The van der Waals surface area contributed by atoms with Crippen molar-refractivity contribution in [3.63, 3.8) is 0 Å². The molecule has 8 heteroatoms. The van der Waals surface area contributed by atoms with Crippen LogP contribution in [0.5, 0.6) is 0 Å². The van der Waals surface area contributed by atoms with Crippen molar-refractivity contribution in [1.29, 1.82) is 0 Å². The molecular weight excluding hydrogens is 415 g/mol. The van der Waals surface area contributed by atoms with Gasteiger partial charge in [0.25, 0.3) is 5.91 Å². The maximum Gasteiger partial charge on any atom is 0.271 e. The van der Waals surface area contributed by atoms with E-state index in [1.807, 2.05) is 13.8 Å². The van der Waals surface area contributed by atoms with Gasteiger partial charge in [0.15, 0.2) is 0 Å². The first-order valence-corrected chi connectivity index (χ1v) is 11.0. The SMILES string of the molecule is Cc1nc(C(=O)NCc2c(C)ncc3c2CCN(C(=O)Cc2cccc(F)c2)C3)cs1. The normalized spacial score (nSPS) is 13.1. The van der Waals surface area contributed by atoms with Gasteiger partial charge in [0.1, 0.15) is 11.5 Å². The molecule has 2 amide bonds. The zero-order chi connectivity index (χ0) is 22.0. The first-order valence-electron chi connectivity index (χ1n) is 10.1. The van der Waals surface area contributed by atoms with Crippen LogP contribution in [0.2, 0.25) is 0 Å². The summed E-state index contributed by atoms with van der Waals surface area (Å²) in [5.41, 5.74) is 5.07. The van der Waals surface area contributed by atoms with Crippen LogP contribution in [0.4, 0.5) is 4.39 Å². The van der Waals surface area contributed by atoms with Crippen LogP contribution in [0.3, 0.4) is 0 Å². The van der Waals surface area contributed by atoms with E-state index in [4.69, 9.17) is 0 Å². The summed E-state index contributed by atoms with van der Waals surface area (Å²) >= 11 is 1.44. The van der Waals surface area contributed by atoms with Crippen molar-refractivity contribution >= 4 is 23.2 Å². The van der Waals surface area contributed by atoms with E-state index in [1.54, 1.807) is 28.6 Å². The lowest BCUT2D eigenvalue weighted by Gasteiger charge is -2.30. The molecular formula is C23H23FN4O2S. The van der Waals surface area contributed by atoms with Gasteiger partial charge >= 0.3 is 0 Å². The monoisotopic (exact) mass is 438 g/mol. The van der Waals surface area contributed by atoms with Crippen LogP contribution in [0.15, 0.2) is 35.8 Å². The fourth-order valence-corrected chi connectivity index (χ4v) is 4.42. The highest BCUT2D eigenvalue weighted by molar-refractivity contribution is 7.09. The lowest BCUT2D eigenvalue weighted by molar-refractivity contribution is -0.131. The number of hydrogen-bond donors (Lipinski definition) is 1. The van der Waals surface area contributed by atoms with E-state index < -0.39 is 0 Å². The molecule has 3 aromatic rings. The maximum atomic E-state index is 13.4. The van der Waals surface area contributed by atoms with Crippen molar-refractivity contribution < 1.29 is 14.0 Å². The topological polar surface area (TPSA) is 75.2 Å². The van der Waals surface area contributed by atoms with Gasteiger partial charge in [0.05, 0.1) is 11.4 Å². The van der Waals surface area contributed by atoms with Crippen molar-refractivity contribution in [1.82, 2.24) is 20.2 Å². The molecule has 160 valence electrons. The summed E-state index contributed by atoms with van der Waals surface area (Å²) in [7, 11) is 0. The highest BCUT2D eigenvalue weighted by atomic mass is 32.1. The quantitative estimate of drug-likeness (QED) is 0.663. The zero-order valence-electron chi connectivity index (χ0n) is 17.4. The number of nitrogens with one attached hydrogen (secondary N) is 1. The molecule has 0 atom stereocenters. The number of carbonyl (C=O) groups excluding carboxylic acids is 2. The van der Waals surface area contributed by atoms with Gasteiger partial charge in [-0.25, -0.2) is 9.37 Å². The zero-order valence-corrected chi connectivity index (χ0v) is 18.3. The average molecular weight is 439 g/mol. The summed E-state index contributed by atoms with van der Waals surface area (Å²) in [6.07, 6.45) is 2.67. The van der Waals surface area contributed by atoms with Gasteiger partial charge in [0.2, 0.25) is 5.91 Å². The highest BCUT2D eigenvalue weighted by Crippen LogP contribution is 2.24. The fraction of sp³-hybridized carbons (Fsp3) is 0.304. The number of aromatic nitrogens is 2. The van der Waals surface area contributed by atoms with Gasteiger partial charge in [-0.05, 0) is 54.7 Å². The van der Waals surface area contributed by atoms with E-state index >= 15 is 0 Å². The molecule has 6 nitrogen and oxygen atoms in total. The predicted octanol–water partition coefficient (Wildman–Crippen LogP) is 3.35. The van der Waals surface area contributed by atoms with Gasteiger partial charge in [0, 0.05) is 36.9 Å². The minimum atomic E-state index is -0.339. The molecule has 1 N–H and O–H groups in total. The molecule has 0 saturated heterocycles. The van der Waals surface area contributed by atoms with Crippen LogP contribution < -0.4 is 5.32 Å². The number of rotatable bonds is 5. The van der Waals surface area contributed by atoms with Gasteiger partial charge < -0.3 is 10.2 Å². The Labute approximate surface area is 184 Å². The van der Waals surface area contributed by atoms with Crippen LogP contribution in [-0.2, 0) is 30.7 Å². The van der Waals surface area contributed by atoms with Crippen molar-refractivity contribution in [3.05, 3.63) is 80.3 Å². The van der Waals surface area contributed by atoms with Gasteiger partial charge in [-0.1, -0.05) is 12.1 Å². The number of amides is 2. The van der Waals surface area contributed by atoms with Crippen molar-refractivity contribution in [2.45, 2.75) is 39.8 Å². The minimum Gasteiger partial charge on any atom is -0.347 e. The van der Waals surface area contributed by atoms with E-state index in [0.29, 0.717) is 37.3 Å². The third kappa shape index (κ3) is 4.80. The molecule has 0 spiro atoms. The summed E-state index contributed by atoms with van der Waals surface area (Å²) in [4.78, 5) is 35.6. The summed E-state index contributed by atoms with van der Waals surface area (Å²) in [5.74, 6) is -0.580. The number of pyridine rings is 1. The highest BCUT2D eigenvalue weighted by Gasteiger charge is 2.24. The summed E-state index contributed by atoms with van der Waals surface area (Å²) in [6.45, 7) is 5.20. The lowest BCUT2D eigenvalue weighted by Crippen LogP contribution is -2.38. The molecule has 0 bridgehead atoms. The maximum absolute atomic E-state index is 13.4. The second kappa shape index (κ2) is 8.93. The fourth-order valence-electron chi connectivity index (χ4n) is 3.83. The first-order chi connectivity index (χ1) is 14.9. The van der Waals surface area contributed by atoms with Crippen molar-refractivity contribution in [2.75, 3.05) is 6.54 Å². The van der Waals surface area contributed by atoms with E-state index in [1.165, 1.54) is 23.5 Å². The smallest absolute Gasteiger partial charge is 0.271 e. The van der Waals surface area contributed by atoms with Gasteiger partial charge in [-0.15, -0.1) is 11.3 Å². The van der Waals surface area contributed by atoms with Gasteiger partial charge in [-0.3, -0.25) is 14.6 Å². The Kier molecular flexibility index (Phi) is 6.08. The third-order valence-electron chi connectivity index (χ3n) is 5.47. The minimum absolute atomic E-state index is 0.0365. The number of halogens is 1. The largest absolute Gasteiger partial charge is 0.347 e. The predicted molar refractivity (Wildman–Crippen MR) is 116 cm³/mol. The molecule has 0 aliphatic carbocycles. The Balaban J connectivity index is 1.45. The molecule has 0 radical (unpaired) electrons. The summed E-state index contributed by atoms with van der Waals surface area (Å²) < 4.78 is 13.4. The molecule has 0 saturated carbocycles. The second-order valence-electron chi connectivity index (χ2n) is 7.63. The molecule has 0 fully saturated rings. The molecule has 1 aromatic carbocycles. The lowest BCUT2D eigenvalue weighted by atomic mass is 9.94. The Morgan fingerprint density at radius 1 is 1.29 bits per heavy atom. The summed E-state index contributed by atoms with van der Waals surface area (Å²) in [5, 5.41) is 5.54. The molecule has 3 heterocycles. The molecule has 0 unspecified atom stereocenters. The number of hydrogen-bond acceptors (Lipinski definition) is 5. The summed E-state index contributed by atoms with van der Waals surface area (Å²) in [6, 6.07) is 6.14. The van der Waals surface area contributed by atoms with Crippen molar-refractivity contribution in [3.8, 4) is 0 Å². The van der Waals surface area contributed by atoms with E-state index in [2.05, 4.69) is 15.3 Å². The Hall–Kier alpha value is -3.13. The molecule has 1 aliphatic rings. The number of carbonyl (C=O) groups is 2. The Bertz CT molecular complexity index is 1140. The molecule has 1 aliphatic heterocycles. The van der Waals surface area contributed by atoms with Crippen LogP contribution in [0.1, 0.15) is 43.4 Å². The molecule has 2 aromatic heterocycles. The van der Waals surface area contributed by atoms with Gasteiger partial charge in [-0.2, -0.15) is 0 Å². The number of benzene rings is 1. The third-order valence-corrected chi connectivity index (χ3v) is 6.24. The first kappa shape index (κ1) is 21.1. The average Bonchev–Trinajstić information content (AvgIpc) is 3.19. The molecule has 31 heavy (non-hydrogen) atoms. The van der Waals surface area contributed by atoms with E-state index in [0.717, 1.165) is 27.4 Å². The van der Waals surface area contributed by atoms with E-state index in [-0.39, 0.29) is 24.1 Å². The van der Waals surface area contributed by atoms with Crippen LogP contribution in [-0.4, -0.2) is 33.2 Å². The standard InChI is InChI=1S/C23H23FN4O2S/c1-14-20(11-26-23(30)21-13-31-15(2)27-21)19-6-7-28(12-17(19)10-25-14)22(29)9-16-4-3-5-18(24)8-16/h3-5,8,10,13H,6-7,9,11-12H2,1-2H3,(H,26,30). The Morgan fingerprint density at radius 2 is 2.13 bits per heavy atom. The molecule has 4 rings (SSSR count). The Morgan fingerprint density at radius 3 is 2.87 bits per heavy atom. The van der Waals surface area contributed by atoms with E-state index in [9.17, 15) is 14.0 Å². The second-order valence-corrected chi connectivity index (χ2v) is 8.69. The number of nitrogens with zero attached hydrogens (tertiary/aromatic N) is 3. The van der Waals surface area contributed by atoms with Crippen LogP contribution >= 0.6 is 11.3 Å².